The quantitative estimate of drug-likeness (QED) is 0.534. The van der Waals surface area contributed by atoms with Crippen LogP contribution in [0.4, 0.5) is 0 Å². The molecule has 0 bridgehead atoms. The third-order valence-electron chi connectivity index (χ3n) is 3.77. The van der Waals surface area contributed by atoms with Gasteiger partial charge >= 0.3 is 0 Å². The molecule has 3 N–H and O–H groups in total. The number of amides is 2. The Morgan fingerprint density at radius 3 is 2.69 bits per heavy atom. The minimum atomic E-state index is -0.122. The summed E-state index contributed by atoms with van der Waals surface area (Å²) < 4.78 is 0. The highest BCUT2D eigenvalue weighted by Gasteiger charge is 2.07. The molecule has 6 nitrogen and oxygen atoms in total. The number of benzene rings is 1. The number of H-pyrrole nitrogens is 1. The van der Waals surface area contributed by atoms with E-state index in [9.17, 15) is 9.59 Å². The first-order valence-electron chi connectivity index (χ1n) is 8.40. The van der Waals surface area contributed by atoms with E-state index in [1.165, 1.54) is 0 Å². The number of aromatic nitrogens is 2. The van der Waals surface area contributed by atoms with Crippen LogP contribution in [0.1, 0.15) is 29.0 Å². The monoisotopic (exact) mass is 368 g/mol. The molecule has 0 radical (unpaired) electrons. The molecule has 134 valence electrons. The Kier molecular flexibility index (Phi) is 6.16. The van der Waals surface area contributed by atoms with Crippen LogP contribution in [0.2, 0.25) is 0 Å². The lowest BCUT2D eigenvalue weighted by atomic mass is 10.2. The van der Waals surface area contributed by atoms with Gasteiger partial charge in [-0.25, -0.2) is 4.98 Å². The summed E-state index contributed by atoms with van der Waals surface area (Å²) in [6.07, 6.45) is 2.71. The maximum Gasteiger partial charge on any atom is 0.251 e. The second-order valence-electron chi connectivity index (χ2n) is 5.72. The van der Waals surface area contributed by atoms with Crippen LogP contribution in [0.15, 0.2) is 54.0 Å². The molecular weight excluding hydrogens is 348 g/mol. The van der Waals surface area contributed by atoms with Crippen molar-refractivity contribution < 1.29 is 9.59 Å². The summed E-state index contributed by atoms with van der Waals surface area (Å²) in [5.41, 5.74) is 1.57. The summed E-state index contributed by atoms with van der Waals surface area (Å²) in [5.74, 6) is 0.537. The van der Waals surface area contributed by atoms with Crippen LogP contribution in [0.5, 0.6) is 0 Å². The molecule has 0 aliphatic carbocycles. The van der Waals surface area contributed by atoms with Crippen LogP contribution in [0, 0.1) is 0 Å². The lowest BCUT2D eigenvalue weighted by molar-refractivity contribution is -0.121. The number of nitrogens with one attached hydrogen (secondary N) is 3. The fourth-order valence-electron chi connectivity index (χ4n) is 2.42. The number of nitrogens with zero attached hydrogens (tertiary/aromatic N) is 1. The average Bonchev–Trinajstić information content (AvgIpc) is 3.35. The van der Waals surface area contributed by atoms with E-state index in [1.807, 2.05) is 35.7 Å². The normalized spacial score (nSPS) is 10.5. The van der Waals surface area contributed by atoms with Crippen molar-refractivity contribution in [2.75, 3.05) is 6.54 Å². The number of rotatable bonds is 8. The molecule has 0 unspecified atom stereocenters. The Labute approximate surface area is 155 Å². The molecule has 0 fully saturated rings. The van der Waals surface area contributed by atoms with Crippen LogP contribution in [0.3, 0.4) is 0 Å². The maximum absolute atomic E-state index is 11.9. The average molecular weight is 368 g/mol. The highest BCUT2D eigenvalue weighted by molar-refractivity contribution is 7.13. The summed E-state index contributed by atoms with van der Waals surface area (Å²) in [5, 5.41) is 7.65. The number of hydrogen-bond acceptors (Lipinski definition) is 4. The number of carbonyl (C=O) groups excluding carboxylic acids is 2. The van der Waals surface area contributed by atoms with E-state index in [1.54, 1.807) is 29.7 Å². The summed E-state index contributed by atoms with van der Waals surface area (Å²) >= 11 is 1.63. The Morgan fingerprint density at radius 1 is 1.08 bits per heavy atom. The molecule has 0 aliphatic rings. The van der Waals surface area contributed by atoms with E-state index in [0.29, 0.717) is 31.5 Å². The van der Waals surface area contributed by atoms with Crippen molar-refractivity contribution in [1.82, 2.24) is 20.6 Å². The summed E-state index contributed by atoms with van der Waals surface area (Å²) in [4.78, 5) is 32.4. The van der Waals surface area contributed by atoms with Crippen LogP contribution >= 0.6 is 11.3 Å². The van der Waals surface area contributed by atoms with Gasteiger partial charge in [-0.2, -0.15) is 0 Å². The van der Waals surface area contributed by atoms with Gasteiger partial charge in [0.2, 0.25) is 5.91 Å². The summed E-state index contributed by atoms with van der Waals surface area (Å²) in [6.45, 7) is 0.824. The third kappa shape index (κ3) is 5.03. The third-order valence-corrected chi connectivity index (χ3v) is 4.67. The van der Waals surface area contributed by atoms with Gasteiger partial charge in [-0.05, 0) is 30.0 Å². The highest BCUT2D eigenvalue weighted by Crippen LogP contribution is 2.22. The van der Waals surface area contributed by atoms with Crippen molar-refractivity contribution >= 4 is 23.2 Å². The Balaban J connectivity index is 1.34. The van der Waals surface area contributed by atoms with Crippen molar-refractivity contribution in [3.05, 3.63) is 65.4 Å². The van der Waals surface area contributed by atoms with E-state index in [-0.39, 0.29) is 11.8 Å². The zero-order valence-corrected chi connectivity index (χ0v) is 15.0. The van der Waals surface area contributed by atoms with Gasteiger partial charge in [0.05, 0.1) is 23.3 Å². The fourth-order valence-corrected chi connectivity index (χ4v) is 3.11. The molecule has 2 aromatic heterocycles. The molecule has 7 heteroatoms. The second kappa shape index (κ2) is 8.96. The van der Waals surface area contributed by atoms with Gasteiger partial charge in [-0.1, -0.05) is 24.3 Å². The van der Waals surface area contributed by atoms with Crippen LogP contribution in [0.25, 0.3) is 10.6 Å². The van der Waals surface area contributed by atoms with Crippen LogP contribution in [-0.2, 0) is 11.3 Å². The van der Waals surface area contributed by atoms with Gasteiger partial charge in [0.15, 0.2) is 0 Å². The van der Waals surface area contributed by atoms with Gasteiger partial charge in [0.25, 0.3) is 5.91 Å². The molecule has 3 aromatic rings. The fraction of sp³-hybridized carbons (Fsp3) is 0.211. The van der Waals surface area contributed by atoms with E-state index in [2.05, 4.69) is 20.6 Å². The van der Waals surface area contributed by atoms with Crippen molar-refractivity contribution in [2.24, 2.45) is 0 Å². The Morgan fingerprint density at radius 2 is 1.92 bits per heavy atom. The largest absolute Gasteiger partial charge is 0.352 e. The molecular formula is C19H20N4O2S. The van der Waals surface area contributed by atoms with Crippen molar-refractivity contribution in [1.29, 1.82) is 0 Å². The first kappa shape index (κ1) is 17.9. The zero-order chi connectivity index (χ0) is 18.2. The number of thiophene rings is 1. The van der Waals surface area contributed by atoms with Gasteiger partial charge in [0, 0.05) is 18.5 Å². The Hall–Kier alpha value is -2.93. The molecule has 3 rings (SSSR count). The van der Waals surface area contributed by atoms with E-state index in [0.717, 1.165) is 16.4 Å². The van der Waals surface area contributed by atoms with Gasteiger partial charge in [0.1, 0.15) is 5.82 Å². The first-order chi connectivity index (χ1) is 12.7. The summed E-state index contributed by atoms with van der Waals surface area (Å²) in [7, 11) is 0. The van der Waals surface area contributed by atoms with Crippen LogP contribution < -0.4 is 10.6 Å². The molecule has 2 heterocycles. The lowest BCUT2D eigenvalue weighted by Gasteiger charge is -2.06. The molecule has 0 spiro atoms. The minimum absolute atomic E-state index is 0.0620. The van der Waals surface area contributed by atoms with Crippen LogP contribution in [-0.4, -0.2) is 28.3 Å². The van der Waals surface area contributed by atoms with Gasteiger partial charge < -0.3 is 15.6 Å². The topological polar surface area (TPSA) is 86.9 Å². The van der Waals surface area contributed by atoms with Gasteiger partial charge in [-0.15, -0.1) is 11.3 Å². The predicted octanol–water partition coefficient (Wildman–Crippen LogP) is 2.96. The molecule has 26 heavy (non-hydrogen) atoms. The molecule has 0 atom stereocenters. The molecule has 1 aromatic carbocycles. The predicted molar refractivity (Wildman–Crippen MR) is 102 cm³/mol. The number of hydrogen-bond donors (Lipinski definition) is 3. The van der Waals surface area contributed by atoms with Crippen molar-refractivity contribution in [3.8, 4) is 10.6 Å². The Bertz CT molecular complexity index is 844. The van der Waals surface area contributed by atoms with E-state index < -0.39 is 0 Å². The van der Waals surface area contributed by atoms with E-state index in [4.69, 9.17) is 0 Å². The molecule has 0 saturated carbocycles. The lowest BCUT2D eigenvalue weighted by Crippen LogP contribution is -2.27. The smallest absolute Gasteiger partial charge is 0.251 e. The minimum Gasteiger partial charge on any atom is -0.352 e. The second-order valence-corrected chi connectivity index (χ2v) is 6.67. The number of aromatic amines is 1. The standard InChI is InChI=1S/C19H20N4O2S/c24-18(9-4-10-20-19(25)14-6-2-1-3-7-14)22-13-17-21-12-15(23-17)16-8-5-11-26-16/h1-3,5-8,11-12H,4,9-10,13H2,(H,20,25)(H,21,23)(H,22,24). The number of carbonyl (C=O) groups is 2. The summed E-state index contributed by atoms with van der Waals surface area (Å²) in [6, 6.07) is 13.0. The maximum atomic E-state index is 11.9. The highest BCUT2D eigenvalue weighted by atomic mass is 32.1. The van der Waals surface area contributed by atoms with Crippen molar-refractivity contribution in [2.45, 2.75) is 19.4 Å². The van der Waals surface area contributed by atoms with Crippen molar-refractivity contribution in [3.63, 3.8) is 0 Å². The SMILES string of the molecule is O=C(CCCNC(=O)c1ccccc1)NCc1ncc(-c2cccs2)[nH]1. The first-order valence-corrected chi connectivity index (χ1v) is 9.28. The molecule has 2 amide bonds. The molecule has 0 saturated heterocycles. The molecule has 0 aliphatic heterocycles. The van der Waals surface area contributed by atoms with E-state index >= 15 is 0 Å². The zero-order valence-electron chi connectivity index (χ0n) is 14.2. The number of imidazole rings is 1. The van der Waals surface area contributed by atoms with Gasteiger partial charge in [-0.3, -0.25) is 9.59 Å².